The van der Waals surface area contributed by atoms with Crippen molar-refractivity contribution in [2.45, 2.75) is 26.5 Å². The summed E-state index contributed by atoms with van der Waals surface area (Å²) in [5.74, 6) is 0.712. The Balaban J connectivity index is 2.27. The second-order valence-electron chi connectivity index (χ2n) is 6.25. The molecule has 0 bridgehead atoms. The highest BCUT2D eigenvalue weighted by Crippen LogP contribution is 2.35. The van der Waals surface area contributed by atoms with Crippen LogP contribution in [0.4, 0.5) is 0 Å². The Morgan fingerprint density at radius 2 is 2.00 bits per heavy atom. The van der Waals surface area contributed by atoms with Crippen molar-refractivity contribution in [1.29, 1.82) is 5.26 Å². The zero-order valence-corrected chi connectivity index (χ0v) is 18.7. The van der Waals surface area contributed by atoms with E-state index in [0.717, 1.165) is 9.13 Å². The van der Waals surface area contributed by atoms with E-state index in [9.17, 15) is 10.1 Å². The lowest BCUT2D eigenvalue weighted by atomic mass is 10.1. The molecule has 28 heavy (non-hydrogen) atoms. The molecule has 0 aliphatic carbocycles. The minimum absolute atomic E-state index is 0.0291. The largest absolute Gasteiger partial charge is 0.493 e. The SMILES string of the molecule is COc1cc(/C=C(\C#N)C(=O)NC(C)C)cc(I)c1OCc1ccc(Cl)cc1. The lowest BCUT2D eigenvalue weighted by molar-refractivity contribution is -0.117. The van der Waals surface area contributed by atoms with E-state index in [2.05, 4.69) is 27.9 Å². The molecule has 0 unspecified atom stereocenters. The van der Waals surface area contributed by atoms with Gasteiger partial charge in [0.25, 0.3) is 5.91 Å². The maximum Gasteiger partial charge on any atom is 0.262 e. The molecular formula is C21H20ClIN2O3. The summed E-state index contributed by atoms with van der Waals surface area (Å²) in [5, 5.41) is 12.7. The van der Waals surface area contributed by atoms with E-state index in [1.807, 2.05) is 50.2 Å². The van der Waals surface area contributed by atoms with Crippen molar-refractivity contribution < 1.29 is 14.3 Å². The molecule has 0 saturated carbocycles. The normalized spacial score (nSPS) is 11.1. The highest BCUT2D eigenvalue weighted by Gasteiger charge is 2.14. The van der Waals surface area contributed by atoms with E-state index in [1.54, 1.807) is 13.2 Å². The van der Waals surface area contributed by atoms with Gasteiger partial charge in [-0.05, 0) is 77.9 Å². The third kappa shape index (κ3) is 6.14. The molecule has 0 aliphatic rings. The first-order valence-electron chi connectivity index (χ1n) is 8.51. The van der Waals surface area contributed by atoms with Gasteiger partial charge in [-0.3, -0.25) is 4.79 Å². The van der Waals surface area contributed by atoms with Crippen LogP contribution >= 0.6 is 34.2 Å². The van der Waals surface area contributed by atoms with Crippen LogP contribution in [0.5, 0.6) is 11.5 Å². The summed E-state index contributed by atoms with van der Waals surface area (Å²) in [6.45, 7) is 4.04. The number of nitriles is 1. The molecule has 7 heteroatoms. The fourth-order valence-electron chi connectivity index (χ4n) is 2.35. The van der Waals surface area contributed by atoms with E-state index in [1.165, 1.54) is 6.08 Å². The van der Waals surface area contributed by atoms with Crippen LogP contribution in [0, 0.1) is 14.9 Å². The van der Waals surface area contributed by atoms with E-state index in [-0.39, 0.29) is 11.6 Å². The van der Waals surface area contributed by atoms with E-state index in [4.69, 9.17) is 21.1 Å². The van der Waals surface area contributed by atoms with Crippen LogP contribution in [0.25, 0.3) is 6.08 Å². The number of carbonyl (C=O) groups excluding carboxylic acids is 1. The molecular weight excluding hydrogens is 491 g/mol. The van der Waals surface area contributed by atoms with Crippen molar-refractivity contribution in [3.63, 3.8) is 0 Å². The molecule has 1 amide bonds. The Hall–Kier alpha value is -2.24. The summed E-state index contributed by atoms with van der Waals surface area (Å²) in [4.78, 5) is 12.1. The first kappa shape index (κ1) is 22.1. The number of amides is 1. The molecule has 0 aliphatic heterocycles. The zero-order chi connectivity index (χ0) is 20.7. The number of halogens is 2. The van der Waals surface area contributed by atoms with Gasteiger partial charge < -0.3 is 14.8 Å². The molecule has 2 aromatic rings. The fourth-order valence-corrected chi connectivity index (χ4v) is 3.26. The second kappa shape index (κ2) is 10.3. The van der Waals surface area contributed by atoms with Gasteiger partial charge in [-0.25, -0.2) is 0 Å². The predicted molar refractivity (Wildman–Crippen MR) is 118 cm³/mol. The third-order valence-corrected chi connectivity index (χ3v) is 4.70. The number of nitrogens with zero attached hydrogens (tertiary/aromatic N) is 1. The minimum Gasteiger partial charge on any atom is -0.493 e. The van der Waals surface area contributed by atoms with Crippen LogP contribution in [0.3, 0.4) is 0 Å². The van der Waals surface area contributed by atoms with Gasteiger partial charge in [0.15, 0.2) is 11.5 Å². The number of hydrogen-bond acceptors (Lipinski definition) is 4. The molecule has 0 atom stereocenters. The molecule has 0 radical (unpaired) electrons. The first-order valence-corrected chi connectivity index (χ1v) is 9.97. The summed E-state index contributed by atoms with van der Waals surface area (Å²) in [6.07, 6.45) is 1.53. The highest BCUT2D eigenvalue weighted by molar-refractivity contribution is 14.1. The molecule has 0 saturated heterocycles. The average molecular weight is 511 g/mol. The lowest BCUT2D eigenvalue weighted by Crippen LogP contribution is -2.30. The monoisotopic (exact) mass is 510 g/mol. The molecule has 0 heterocycles. The second-order valence-corrected chi connectivity index (χ2v) is 7.85. The summed E-state index contributed by atoms with van der Waals surface area (Å²) in [7, 11) is 1.55. The van der Waals surface area contributed by atoms with Crippen LogP contribution < -0.4 is 14.8 Å². The van der Waals surface area contributed by atoms with Crippen molar-refractivity contribution in [3.8, 4) is 17.6 Å². The lowest BCUT2D eigenvalue weighted by Gasteiger charge is -2.14. The molecule has 146 valence electrons. The molecule has 2 aromatic carbocycles. The van der Waals surface area contributed by atoms with Crippen LogP contribution in [0.1, 0.15) is 25.0 Å². The van der Waals surface area contributed by atoms with Gasteiger partial charge in [-0.15, -0.1) is 0 Å². The van der Waals surface area contributed by atoms with Crippen molar-refractivity contribution in [3.05, 3.63) is 61.7 Å². The van der Waals surface area contributed by atoms with Crippen LogP contribution in [-0.2, 0) is 11.4 Å². The summed E-state index contributed by atoms with van der Waals surface area (Å²) in [6, 6.07) is 12.9. The van der Waals surface area contributed by atoms with Gasteiger partial charge >= 0.3 is 0 Å². The maximum atomic E-state index is 12.1. The van der Waals surface area contributed by atoms with Gasteiger partial charge in [0.05, 0.1) is 10.7 Å². The first-order chi connectivity index (χ1) is 13.3. The van der Waals surface area contributed by atoms with Crippen LogP contribution in [-0.4, -0.2) is 19.1 Å². The molecule has 5 nitrogen and oxygen atoms in total. The van der Waals surface area contributed by atoms with Gasteiger partial charge in [0, 0.05) is 11.1 Å². The Labute approximate surface area is 183 Å². The number of methoxy groups -OCH3 is 1. The van der Waals surface area contributed by atoms with Crippen molar-refractivity contribution in [1.82, 2.24) is 5.32 Å². The summed E-state index contributed by atoms with van der Waals surface area (Å²) in [5.41, 5.74) is 1.68. The van der Waals surface area contributed by atoms with Crippen LogP contribution in [0.2, 0.25) is 5.02 Å². The summed E-state index contributed by atoms with van der Waals surface area (Å²) >= 11 is 8.04. The summed E-state index contributed by atoms with van der Waals surface area (Å²) < 4.78 is 12.2. The fraction of sp³-hybridized carbons (Fsp3) is 0.238. The average Bonchev–Trinajstić information content (AvgIpc) is 2.65. The molecule has 0 fully saturated rings. The smallest absolute Gasteiger partial charge is 0.262 e. The van der Waals surface area contributed by atoms with E-state index < -0.39 is 5.91 Å². The Morgan fingerprint density at radius 3 is 2.57 bits per heavy atom. The highest BCUT2D eigenvalue weighted by atomic mass is 127. The van der Waals surface area contributed by atoms with E-state index in [0.29, 0.717) is 28.7 Å². The quantitative estimate of drug-likeness (QED) is 0.325. The molecule has 0 aromatic heterocycles. The standard InChI is InChI=1S/C21H20ClIN2O3/c1-13(2)25-21(26)16(11-24)8-15-9-18(23)20(19(10-15)27-3)28-12-14-4-6-17(22)7-5-14/h4-10,13H,12H2,1-3H3,(H,25,26)/b16-8+. The third-order valence-electron chi connectivity index (χ3n) is 3.64. The minimum atomic E-state index is -0.408. The van der Waals surface area contributed by atoms with E-state index >= 15 is 0 Å². The number of nitrogens with one attached hydrogen (secondary N) is 1. The zero-order valence-electron chi connectivity index (χ0n) is 15.8. The Kier molecular flexibility index (Phi) is 8.15. The van der Waals surface area contributed by atoms with Crippen molar-refractivity contribution in [2.24, 2.45) is 0 Å². The predicted octanol–water partition coefficient (Wildman–Crippen LogP) is 4.96. The number of hydrogen-bond donors (Lipinski definition) is 1. The van der Waals surface area contributed by atoms with Gasteiger partial charge in [-0.2, -0.15) is 5.26 Å². The number of rotatable bonds is 7. The van der Waals surface area contributed by atoms with Gasteiger partial charge in [-0.1, -0.05) is 23.7 Å². The number of carbonyl (C=O) groups is 1. The number of benzene rings is 2. The Morgan fingerprint density at radius 1 is 1.32 bits per heavy atom. The van der Waals surface area contributed by atoms with Gasteiger partial charge in [0.2, 0.25) is 0 Å². The molecule has 1 N–H and O–H groups in total. The molecule has 0 spiro atoms. The molecule has 2 rings (SSSR count). The topological polar surface area (TPSA) is 71.3 Å². The van der Waals surface area contributed by atoms with Crippen LogP contribution in [0.15, 0.2) is 42.0 Å². The Bertz CT molecular complexity index is 918. The van der Waals surface area contributed by atoms with Crippen molar-refractivity contribution >= 4 is 46.2 Å². The van der Waals surface area contributed by atoms with Crippen molar-refractivity contribution in [2.75, 3.05) is 7.11 Å². The number of ether oxygens (including phenoxy) is 2. The van der Waals surface area contributed by atoms with Gasteiger partial charge in [0.1, 0.15) is 18.2 Å². The maximum absolute atomic E-state index is 12.1.